The Morgan fingerprint density at radius 2 is 2.05 bits per heavy atom. The van der Waals surface area contributed by atoms with E-state index < -0.39 is 0 Å². The van der Waals surface area contributed by atoms with Crippen molar-refractivity contribution < 1.29 is 9.53 Å². The van der Waals surface area contributed by atoms with E-state index in [1.165, 1.54) is 7.11 Å². The van der Waals surface area contributed by atoms with Crippen LogP contribution in [0.5, 0.6) is 5.88 Å². The Hall–Kier alpha value is -2.89. The molecule has 0 aliphatic carbocycles. The molecule has 0 saturated carbocycles. The van der Waals surface area contributed by atoms with Gasteiger partial charge in [-0.05, 0) is 12.1 Å². The van der Waals surface area contributed by atoms with Crippen LogP contribution in [-0.4, -0.2) is 28.2 Å². The second-order valence-electron chi connectivity index (χ2n) is 4.16. The zero-order chi connectivity index (χ0) is 13.9. The maximum atomic E-state index is 12.1. The number of H-pyrrole nitrogens is 1. The molecule has 3 aromatic rings. The number of aromatic amines is 1. The van der Waals surface area contributed by atoms with Crippen molar-refractivity contribution in [1.82, 2.24) is 15.2 Å². The van der Waals surface area contributed by atoms with Gasteiger partial charge in [0.1, 0.15) is 0 Å². The maximum absolute atomic E-state index is 12.1. The second-order valence-corrected chi connectivity index (χ2v) is 4.16. The number of carbonyl (C=O) groups is 1. The fourth-order valence-corrected chi connectivity index (χ4v) is 1.91. The minimum Gasteiger partial charge on any atom is -0.480 e. The number of amides is 1. The van der Waals surface area contributed by atoms with Gasteiger partial charge in [-0.15, -0.1) is 10.2 Å². The average Bonchev–Trinajstić information content (AvgIpc) is 2.91. The number of nitrogens with one attached hydrogen (secondary N) is 2. The number of fused-ring (bicyclic) bond motifs is 1. The Balaban J connectivity index is 1.84. The molecule has 0 aliphatic rings. The van der Waals surface area contributed by atoms with Crippen LogP contribution in [0.25, 0.3) is 10.9 Å². The molecular weight excluding hydrogens is 256 g/mol. The predicted octanol–water partition coefficient (Wildman–Crippen LogP) is 2.22. The van der Waals surface area contributed by atoms with Crippen LogP contribution >= 0.6 is 0 Å². The van der Waals surface area contributed by atoms with Crippen LogP contribution in [0.15, 0.2) is 42.6 Å². The molecule has 0 spiro atoms. The van der Waals surface area contributed by atoms with Gasteiger partial charge in [0.25, 0.3) is 5.91 Å². The highest BCUT2D eigenvalue weighted by Gasteiger charge is 2.11. The predicted molar refractivity (Wildman–Crippen MR) is 74.8 cm³/mol. The second kappa shape index (κ2) is 5.00. The van der Waals surface area contributed by atoms with Crippen molar-refractivity contribution in [1.29, 1.82) is 0 Å². The Morgan fingerprint density at radius 3 is 2.80 bits per heavy atom. The van der Waals surface area contributed by atoms with Gasteiger partial charge < -0.3 is 15.0 Å². The largest absolute Gasteiger partial charge is 0.480 e. The average molecular weight is 268 g/mol. The normalized spacial score (nSPS) is 10.4. The molecule has 0 atom stereocenters. The molecule has 3 rings (SSSR count). The Bertz CT molecular complexity index is 749. The summed E-state index contributed by atoms with van der Waals surface area (Å²) >= 11 is 0. The number of carbonyl (C=O) groups excluding carboxylic acids is 1. The molecule has 1 aromatic carbocycles. The van der Waals surface area contributed by atoms with E-state index in [0.29, 0.717) is 11.6 Å². The number of para-hydroxylation sites is 1. The number of hydrogen-bond donors (Lipinski definition) is 2. The van der Waals surface area contributed by atoms with Crippen LogP contribution in [0.1, 0.15) is 10.5 Å². The number of anilines is 1. The maximum Gasteiger partial charge on any atom is 0.276 e. The first kappa shape index (κ1) is 12.2. The summed E-state index contributed by atoms with van der Waals surface area (Å²) in [6.45, 7) is 0. The van der Waals surface area contributed by atoms with Crippen LogP contribution in [-0.2, 0) is 0 Å². The fraction of sp³-hybridized carbons (Fsp3) is 0.0714. The molecule has 0 unspecified atom stereocenters. The first-order valence-corrected chi connectivity index (χ1v) is 6.03. The molecule has 0 fully saturated rings. The van der Waals surface area contributed by atoms with Gasteiger partial charge in [0, 0.05) is 23.2 Å². The highest BCUT2D eigenvalue weighted by molar-refractivity contribution is 6.07. The van der Waals surface area contributed by atoms with Crippen molar-refractivity contribution >= 4 is 22.5 Å². The van der Waals surface area contributed by atoms with Gasteiger partial charge in [-0.3, -0.25) is 4.79 Å². The number of hydrogen-bond acceptors (Lipinski definition) is 4. The Morgan fingerprint density at radius 1 is 1.20 bits per heavy atom. The number of rotatable bonds is 3. The van der Waals surface area contributed by atoms with Crippen molar-refractivity contribution in [2.45, 2.75) is 0 Å². The van der Waals surface area contributed by atoms with E-state index in [4.69, 9.17) is 4.74 Å². The lowest BCUT2D eigenvalue weighted by molar-refractivity contribution is 0.102. The number of ether oxygens (including phenoxy) is 1. The van der Waals surface area contributed by atoms with Crippen molar-refractivity contribution in [2.24, 2.45) is 0 Å². The van der Waals surface area contributed by atoms with Crippen LogP contribution in [0, 0.1) is 0 Å². The first-order chi connectivity index (χ1) is 9.78. The molecular formula is C14H12N4O2. The monoisotopic (exact) mass is 268 g/mol. The lowest BCUT2D eigenvalue weighted by Crippen LogP contribution is -2.14. The highest BCUT2D eigenvalue weighted by atomic mass is 16.5. The van der Waals surface area contributed by atoms with Crippen molar-refractivity contribution in [3.05, 3.63) is 48.3 Å². The molecule has 100 valence electrons. The zero-order valence-electron chi connectivity index (χ0n) is 10.8. The topological polar surface area (TPSA) is 79.9 Å². The van der Waals surface area contributed by atoms with Crippen LogP contribution < -0.4 is 10.1 Å². The van der Waals surface area contributed by atoms with Crippen LogP contribution in [0.2, 0.25) is 0 Å². The van der Waals surface area contributed by atoms with E-state index in [2.05, 4.69) is 20.5 Å². The van der Waals surface area contributed by atoms with Gasteiger partial charge in [-0.1, -0.05) is 18.2 Å². The summed E-state index contributed by atoms with van der Waals surface area (Å²) in [6.07, 6.45) is 1.75. The lowest BCUT2D eigenvalue weighted by atomic mass is 10.2. The highest BCUT2D eigenvalue weighted by Crippen LogP contribution is 2.22. The SMILES string of the molecule is COc1ccc(C(=O)Nc2c[nH]c3ccccc23)nn1. The Kier molecular flexibility index (Phi) is 3.04. The van der Waals surface area contributed by atoms with Gasteiger partial charge >= 0.3 is 0 Å². The van der Waals surface area contributed by atoms with Crippen LogP contribution in [0.3, 0.4) is 0 Å². The van der Waals surface area contributed by atoms with Crippen LogP contribution in [0.4, 0.5) is 5.69 Å². The van der Waals surface area contributed by atoms with Crippen molar-refractivity contribution in [3.63, 3.8) is 0 Å². The zero-order valence-corrected chi connectivity index (χ0v) is 10.8. The molecule has 1 amide bonds. The standard InChI is InChI=1S/C14H12N4O2/c1-20-13-7-6-11(17-18-13)14(19)16-12-8-15-10-5-3-2-4-9(10)12/h2-8,15H,1H3,(H,16,19). The van der Waals surface area contributed by atoms with E-state index in [-0.39, 0.29) is 11.6 Å². The first-order valence-electron chi connectivity index (χ1n) is 6.03. The third-order valence-electron chi connectivity index (χ3n) is 2.92. The number of methoxy groups -OCH3 is 1. The molecule has 6 heteroatoms. The third kappa shape index (κ3) is 2.18. The summed E-state index contributed by atoms with van der Waals surface area (Å²) in [6, 6.07) is 10.9. The number of nitrogens with zero attached hydrogens (tertiary/aromatic N) is 2. The van der Waals surface area contributed by atoms with Crippen molar-refractivity contribution in [2.75, 3.05) is 12.4 Å². The molecule has 20 heavy (non-hydrogen) atoms. The summed E-state index contributed by atoms with van der Waals surface area (Å²) in [7, 11) is 1.50. The summed E-state index contributed by atoms with van der Waals surface area (Å²) in [4.78, 5) is 15.2. The van der Waals surface area contributed by atoms with E-state index in [1.54, 1.807) is 18.3 Å². The van der Waals surface area contributed by atoms with E-state index in [1.807, 2.05) is 24.3 Å². The summed E-state index contributed by atoms with van der Waals surface area (Å²) in [5, 5.41) is 11.3. The minimum absolute atomic E-state index is 0.232. The molecule has 0 aliphatic heterocycles. The molecule has 2 N–H and O–H groups in total. The van der Waals surface area contributed by atoms with Gasteiger partial charge in [0.15, 0.2) is 5.69 Å². The quantitative estimate of drug-likeness (QED) is 0.763. The molecule has 2 heterocycles. The molecule has 2 aromatic heterocycles. The number of benzene rings is 1. The van der Waals surface area contributed by atoms with Crippen molar-refractivity contribution in [3.8, 4) is 5.88 Å². The molecule has 0 radical (unpaired) electrons. The van der Waals surface area contributed by atoms with Gasteiger partial charge in [0.05, 0.1) is 12.8 Å². The van der Waals surface area contributed by atoms with E-state index in [0.717, 1.165) is 10.9 Å². The molecule has 6 nitrogen and oxygen atoms in total. The summed E-state index contributed by atoms with van der Waals surface area (Å²) in [5.41, 5.74) is 1.91. The lowest BCUT2D eigenvalue weighted by Gasteiger charge is -2.03. The van der Waals surface area contributed by atoms with Gasteiger partial charge in [-0.2, -0.15) is 0 Å². The molecule has 0 saturated heterocycles. The smallest absolute Gasteiger partial charge is 0.276 e. The third-order valence-corrected chi connectivity index (χ3v) is 2.92. The van der Waals surface area contributed by atoms with Gasteiger partial charge in [-0.25, -0.2) is 0 Å². The summed E-state index contributed by atoms with van der Waals surface area (Å²) < 4.78 is 4.90. The van der Waals surface area contributed by atoms with E-state index in [9.17, 15) is 4.79 Å². The molecule has 0 bridgehead atoms. The summed E-state index contributed by atoms with van der Waals surface area (Å²) in [5.74, 6) is 0.0542. The Labute approximate surface area is 114 Å². The van der Waals surface area contributed by atoms with E-state index >= 15 is 0 Å². The fourth-order valence-electron chi connectivity index (χ4n) is 1.91. The number of aromatic nitrogens is 3. The van der Waals surface area contributed by atoms with Gasteiger partial charge in [0.2, 0.25) is 5.88 Å². The minimum atomic E-state index is -0.315.